The molecule has 0 spiro atoms. The van der Waals surface area contributed by atoms with E-state index in [9.17, 15) is 9.59 Å². The van der Waals surface area contributed by atoms with Gasteiger partial charge in [0.05, 0.1) is 5.92 Å². The van der Waals surface area contributed by atoms with Crippen molar-refractivity contribution >= 4 is 11.8 Å². The number of hydrogen-bond acceptors (Lipinski definition) is 5. The first-order valence-corrected chi connectivity index (χ1v) is 10.2. The molecular weight excluding hydrogens is 356 g/mol. The van der Waals surface area contributed by atoms with Gasteiger partial charge in [0.2, 0.25) is 5.91 Å². The summed E-state index contributed by atoms with van der Waals surface area (Å²) in [7, 11) is 1.61. The summed E-state index contributed by atoms with van der Waals surface area (Å²) in [5.74, 6) is -0.292. The highest BCUT2D eigenvalue weighted by Gasteiger charge is 2.39. The van der Waals surface area contributed by atoms with Crippen LogP contribution in [0.25, 0.3) is 0 Å². The molecule has 0 aliphatic carbocycles. The van der Waals surface area contributed by atoms with E-state index in [1.807, 2.05) is 12.1 Å². The Balaban J connectivity index is 1.56. The van der Waals surface area contributed by atoms with Crippen LogP contribution in [-0.2, 0) is 27.4 Å². The zero-order valence-corrected chi connectivity index (χ0v) is 16.7. The van der Waals surface area contributed by atoms with E-state index < -0.39 is 5.60 Å². The van der Waals surface area contributed by atoms with Crippen LogP contribution < -0.4 is 16.4 Å². The third-order valence-electron chi connectivity index (χ3n) is 5.97. The summed E-state index contributed by atoms with van der Waals surface area (Å²) >= 11 is 0. The minimum Gasteiger partial charge on any atom is -0.369 e. The standard InChI is InChI=1S/C21H32N4O3/c1-28-21(7-9-23-10-8-21)20(27)24-13-16-4-2-5-17(12-16)14-25-11-3-6-18(15-25)19(22)26/h2,4-5,12,18,23H,3,6-11,13-15H2,1H3,(H2,22,26)(H,24,27). The van der Waals surface area contributed by atoms with Gasteiger partial charge >= 0.3 is 0 Å². The average Bonchev–Trinajstić information content (AvgIpc) is 2.73. The Morgan fingerprint density at radius 2 is 2.07 bits per heavy atom. The summed E-state index contributed by atoms with van der Waals surface area (Å²) in [5, 5.41) is 6.31. The van der Waals surface area contributed by atoms with Crippen molar-refractivity contribution in [1.29, 1.82) is 0 Å². The van der Waals surface area contributed by atoms with Gasteiger partial charge in [-0.2, -0.15) is 0 Å². The number of amides is 2. The van der Waals surface area contributed by atoms with Gasteiger partial charge in [-0.3, -0.25) is 14.5 Å². The van der Waals surface area contributed by atoms with Crippen molar-refractivity contribution < 1.29 is 14.3 Å². The molecule has 2 amide bonds. The van der Waals surface area contributed by atoms with Crippen molar-refractivity contribution in [3.05, 3.63) is 35.4 Å². The monoisotopic (exact) mass is 388 g/mol. The summed E-state index contributed by atoms with van der Waals surface area (Å²) in [5.41, 5.74) is 7.00. The van der Waals surface area contributed by atoms with E-state index in [2.05, 4.69) is 27.7 Å². The lowest BCUT2D eigenvalue weighted by atomic mass is 9.91. The zero-order chi connectivity index (χ0) is 20.0. The van der Waals surface area contributed by atoms with Gasteiger partial charge in [-0.1, -0.05) is 24.3 Å². The minimum absolute atomic E-state index is 0.0396. The number of nitrogens with two attached hydrogens (primary N) is 1. The van der Waals surface area contributed by atoms with Crippen LogP contribution in [0.3, 0.4) is 0 Å². The van der Waals surface area contributed by atoms with Crippen LogP contribution in [0, 0.1) is 5.92 Å². The second kappa shape index (κ2) is 9.49. The molecule has 154 valence electrons. The predicted octanol–water partition coefficient (Wildman–Crippen LogP) is 0.769. The number of likely N-dealkylation sites (tertiary alicyclic amines) is 1. The zero-order valence-electron chi connectivity index (χ0n) is 16.7. The number of rotatable bonds is 7. The Morgan fingerprint density at radius 1 is 1.32 bits per heavy atom. The molecule has 2 saturated heterocycles. The average molecular weight is 389 g/mol. The second-order valence-corrected chi connectivity index (χ2v) is 7.93. The molecule has 2 aliphatic heterocycles. The minimum atomic E-state index is -0.722. The molecule has 0 bridgehead atoms. The number of nitrogens with one attached hydrogen (secondary N) is 2. The Kier molecular flexibility index (Phi) is 7.04. The fraction of sp³-hybridized carbons (Fsp3) is 0.619. The number of ether oxygens (including phenoxy) is 1. The highest BCUT2D eigenvalue weighted by Crippen LogP contribution is 2.23. The fourth-order valence-corrected chi connectivity index (χ4v) is 4.23. The molecule has 3 rings (SSSR count). The summed E-state index contributed by atoms with van der Waals surface area (Å²) in [6, 6.07) is 8.25. The van der Waals surface area contributed by atoms with E-state index >= 15 is 0 Å². The van der Waals surface area contributed by atoms with Crippen LogP contribution >= 0.6 is 0 Å². The molecule has 7 nitrogen and oxygen atoms in total. The lowest BCUT2D eigenvalue weighted by Gasteiger charge is -2.34. The van der Waals surface area contributed by atoms with Gasteiger partial charge in [-0.25, -0.2) is 0 Å². The number of hydrogen-bond donors (Lipinski definition) is 3. The summed E-state index contributed by atoms with van der Waals surface area (Å²) in [4.78, 5) is 26.5. The topological polar surface area (TPSA) is 96.7 Å². The lowest BCUT2D eigenvalue weighted by molar-refractivity contribution is -0.146. The molecule has 0 aromatic heterocycles. The van der Waals surface area contributed by atoms with Gasteiger partial charge in [-0.15, -0.1) is 0 Å². The Morgan fingerprint density at radius 3 is 2.79 bits per heavy atom. The van der Waals surface area contributed by atoms with Gasteiger partial charge < -0.3 is 21.1 Å². The van der Waals surface area contributed by atoms with E-state index in [4.69, 9.17) is 10.5 Å². The first-order chi connectivity index (χ1) is 13.5. The maximum atomic E-state index is 12.7. The van der Waals surface area contributed by atoms with Gasteiger partial charge in [-0.05, 0) is 56.4 Å². The van der Waals surface area contributed by atoms with Crippen molar-refractivity contribution in [3.8, 4) is 0 Å². The third kappa shape index (κ3) is 5.10. The fourth-order valence-electron chi connectivity index (χ4n) is 4.23. The summed E-state index contributed by atoms with van der Waals surface area (Å²) < 4.78 is 5.59. The van der Waals surface area contributed by atoms with Crippen LogP contribution in [0.5, 0.6) is 0 Å². The number of primary amides is 1. The van der Waals surface area contributed by atoms with Gasteiger partial charge in [0.25, 0.3) is 5.91 Å². The SMILES string of the molecule is COC1(C(=O)NCc2cccc(CN3CCCC(C(N)=O)C3)c2)CCNCC1. The van der Waals surface area contributed by atoms with Crippen molar-refractivity contribution in [3.63, 3.8) is 0 Å². The van der Waals surface area contributed by atoms with Crippen molar-refractivity contribution in [2.24, 2.45) is 11.7 Å². The van der Waals surface area contributed by atoms with Crippen LogP contribution in [0.4, 0.5) is 0 Å². The molecule has 0 saturated carbocycles. The van der Waals surface area contributed by atoms with E-state index in [1.165, 1.54) is 5.56 Å². The molecule has 7 heteroatoms. The first-order valence-electron chi connectivity index (χ1n) is 10.2. The van der Waals surface area contributed by atoms with Crippen LogP contribution in [-0.4, -0.2) is 55.6 Å². The Hall–Kier alpha value is -1.96. The number of benzene rings is 1. The Bertz CT molecular complexity index is 688. The number of piperidine rings is 2. The van der Waals surface area contributed by atoms with E-state index in [0.29, 0.717) is 19.4 Å². The largest absolute Gasteiger partial charge is 0.369 e. The van der Waals surface area contributed by atoms with Gasteiger partial charge in [0.15, 0.2) is 0 Å². The highest BCUT2D eigenvalue weighted by atomic mass is 16.5. The normalized spacial score (nSPS) is 22.5. The number of nitrogens with zero attached hydrogens (tertiary/aromatic N) is 1. The molecule has 4 N–H and O–H groups in total. The molecular formula is C21H32N4O3. The van der Waals surface area contributed by atoms with E-state index in [0.717, 1.165) is 51.1 Å². The maximum absolute atomic E-state index is 12.7. The molecule has 1 aromatic carbocycles. The Labute approximate surface area is 167 Å². The van der Waals surface area contributed by atoms with E-state index in [-0.39, 0.29) is 17.7 Å². The third-order valence-corrected chi connectivity index (χ3v) is 5.97. The molecule has 2 heterocycles. The predicted molar refractivity (Wildman–Crippen MR) is 107 cm³/mol. The summed E-state index contributed by atoms with van der Waals surface area (Å²) in [6.45, 7) is 4.56. The molecule has 0 radical (unpaired) electrons. The van der Waals surface area contributed by atoms with Crippen molar-refractivity contribution in [1.82, 2.24) is 15.5 Å². The number of carbonyl (C=O) groups excluding carboxylic acids is 2. The van der Waals surface area contributed by atoms with Crippen LogP contribution in [0.15, 0.2) is 24.3 Å². The van der Waals surface area contributed by atoms with Crippen LogP contribution in [0.2, 0.25) is 0 Å². The second-order valence-electron chi connectivity index (χ2n) is 7.93. The molecule has 1 unspecified atom stereocenters. The number of methoxy groups -OCH3 is 1. The molecule has 28 heavy (non-hydrogen) atoms. The smallest absolute Gasteiger partial charge is 0.252 e. The number of carbonyl (C=O) groups is 2. The molecule has 2 aliphatic rings. The maximum Gasteiger partial charge on any atom is 0.252 e. The van der Waals surface area contributed by atoms with Crippen LogP contribution in [0.1, 0.15) is 36.8 Å². The van der Waals surface area contributed by atoms with Crippen molar-refractivity contribution in [2.75, 3.05) is 33.3 Å². The first kappa shape index (κ1) is 20.8. The van der Waals surface area contributed by atoms with E-state index in [1.54, 1.807) is 7.11 Å². The van der Waals surface area contributed by atoms with Gasteiger partial charge in [0, 0.05) is 26.7 Å². The van der Waals surface area contributed by atoms with Gasteiger partial charge in [0.1, 0.15) is 5.60 Å². The highest BCUT2D eigenvalue weighted by molar-refractivity contribution is 5.85. The molecule has 1 atom stereocenters. The molecule has 2 fully saturated rings. The van der Waals surface area contributed by atoms with Crippen molar-refractivity contribution in [2.45, 2.75) is 44.4 Å². The lowest BCUT2D eigenvalue weighted by Crippen LogP contribution is -2.53. The molecule has 1 aromatic rings. The quantitative estimate of drug-likeness (QED) is 0.641. The summed E-state index contributed by atoms with van der Waals surface area (Å²) in [6.07, 6.45) is 3.25.